The maximum Gasteiger partial charge on any atom is 0.265 e. The van der Waals surface area contributed by atoms with Crippen molar-refractivity contribution in [1.29, 1.82) is 0 Å². The molecule has 0 bridgehead atoms. The van der Waals surface area contributed by atoms with Crippen LogP contribution in [0.15, 0.2) is 47.4 Å². The second-order valence-corrected chi connectivity index (χ2v) is 7.34. The standard InChI is InChI=1S/C17H18FN3O4S/c1-25-15-7-6-12(18)10-16(15)26(23,24)20-13-4-2-3-5-14(13)21-9-8-19-17(22)11-21/h2-7,10,20H,8-9,11H2,1H3,(H,19,22). The number of carbonyl (C=O) groups excluding carboxylic acids is 1. The number of piperazine rings is 1. The average Bonchev–Trinajstić information content (AvgIpc) is 2.62. The fraction of sp³-hybridized carbons (Fsp3) is 0.235. The van der Waals surface area contributed by atoms with E-state index in [1.54, 1.807) is 29.2 Å². The Kier molecular flexibility index (Phi) is 4.99. The van der Waals surface area contributed by atoms with Gasteiger partial charge in [-0.25, -0.2) is 12.8 Å². The summed E-state index contributed by atoms with van der Waals surface area (Å²) in [5.74, 6) is -0.790. The first-order valence-corrected chi connectivity index (χ1v) is 9.36. The van der Waals surface area contributed by atoms with Crippen LogP contribution >= 0.6 is 0 Å². The largest absolute Gasteiger partial charge is 0.495 e. The van der Waals surface area contributed by atoms with Crippen molar-refractivity contribution < 1.29 is 22.3 Å². The molecular formula is C17H18FN3O4S. The topological polar surface area (TPSA) is 87.7 Å². The third kappa shape index (κ3) is 3.72. The van der Waals surface area contributed by atoms with Crippen LogP contribution in [0.25, 0.3) is 0 Å². The van der Waals surface area contributed by atoms with E-state index in [-0.39, 0.29) is 23.1 Å². The second-order valence-electron chi connectivity index (χ2n) is 5.69. The number of rotatable bonds is 5. The minimum atomic E-state index is -4.10. The lowest BCUT2D eigenvalue weighted by Crippen LogP contribution is -2.47. The Morgan fingerprint density at radius 3 is 2.73 bits per heavy atom. The number of amides is 1. The number of para-hydroxylation sites is 2. The van der Waals surface area contributed by atoms with Crippen LogP contribution in [-0.4, -0.2) is 41.1 Å². The molecule has 2 N–H and O–H groups in total. The van der Waals surface area contributed by atoms with Crippen molar-refractivity contribution in [2.75, 3.05) is 36.4 Å². The van der Waals surface area contributed by atoms with Crippen molar-refractivity contribution in [2.45, 2.75) is 4.90 Å². The summed E-state index contributed by atoms with van der Waals surface area (Å²) in [5, 5.41) is 2.72. The molecule has 2 aromatic carbocycles. The van der Waals surface area contributed by atoms with Crippen LogP contribution in [0.3, 0.4) is 0 Å². The fourth-order valence-corrected chi connectivity index (χ4v) is 4.00. The zero-order chi connectivity index (χ0) is 18.7. The van der Waals surface area contributed by atoms with Crippen LogP contribution in [0, 0.1) is 5.82 Å². The number of anilines is 2. The van der Waals surface area contributed by atoms with Crippen molar-refractivity contribution in [1.82, 2.24) is 5.32 Å². The molecule has 3 rings (SSSR count). The molecule has 9 heteroatoms. The third-order valence-electron chi connectivity index (χ3n) is 3.94. The van der Waals surface area contributed by atoms with Crippen LogP contribution in [0.5, 0.6) is 5.75 Å². The van der Waals surface area contributed by atoms with E-state index in [4.69, 9.17) is 4.74 Å². The zero-order valence-corrected chi connectivity index (χ0v) is 14.8. The second kappa shape index (κ2) is 7.20. The molecule has 1 amide bonds. The van der Waals surface area contributed by atoms with Gasteiger partial charge in [-0.05, 0) is 30.3 Å². The van der Waals surface area contributed by atoms with E-state index in [0.29, 0.717) is 24.5 Å². The van der Waals surface area contributed by atoms with Gasteiger partial charge < -0.3 is 15.0 Å². The van der Waals surface area contributed by atoms with E-state index in [1.165, 1.54) is 13.2 Å². The highest BCUT2D eigenvalue weighted by molar-refractivity contribution is 7.92. The zero-order valence-electron chi connectivity index (χ0n) is 14.0. The van der Waals surface area contributed by atoms with E-state index < -0.39 is 15.8 Å². The maximum atomic E-state index is 13.6. The maximum absolute atomic E-state index is 13.6. The highest BCUT2D eigenvalue weighted by Gasteiger charge is 2.24. The molecule has 1 saturated heterocycles. The smallest absolute Gasteiger partial charge is 0.265 e. The lowest BCUT2D eigenvalue weighted by molar-refractivity contribution is -0.120. The van der Waals surface area contributed by atoms with Gasteiger partial charge in [0.25, 0.3) is 10.0 Å². The van der Waals surface area contributed by atoms with Crippen LogP contribution in [0.1, 0.15) is 0 Å². The molecule has 1 aliphatic heterocycles. The summed E-state index contributed by atoms with van der Waals surface area (Å²) in [6, 6.07) is 10.0. The predicted molar refractivity (Wildman–Crippen MR) is 95.4 cm³/mol. The molecule has 2 aromatic rings. The van der Waals surface area contributed by atoms with Gasteiger partial charge >= 0.3 is 0 Å². The number of nitrogens with one attached hydrogen (secondary N) is 2. The number of sulfonamides is 1. The van der Waals surface area contributed by atoms with E-state index in [9.17, 15) is 17.6 Å². The van der Waals surface area contributed by atoms with Gasteiger partial charge in [-0.15, -0.1) is 0 Å². The van der Waals surface area contributed by atoms with Gasteiger partial charge in [0.2, 0.25) is 5.91 Å². The number of carbonyl (C=O) groups is 1. The minimum absolute atomic E-state index is 0.0359. The van der Waals surface area contributed by atoms with Crippen molar-refractivity contribution in [3.8, 4) is 5.75 Å². The number of methoxy groups -OCH3 is 1. The van der Waals surface area contributed by atoms with E-state index in [2.05, 4.69) is 10.0 Å². The van der Waals surface area contributed by atoms with Crippen molar-refractivity contribution in [3.63, 3.8) is 0 Å². The molecule has 1 fully saturated rings. The van der Waals surface area contributed by atoms with Crippen molar-refractivity contribution in [3.05, 3.63) is 48.3 Å². The number of hydrogen-bond donors (Lipinski definition) is 2. The Morgan fingerprint density at radius 2 is 2.00 bits per heavy atom. The molecule has 0 spiro atoms. The highest BCUT2D eigenvalue weighted by atomic mass is 32.2. The molecule has 0 atom stereocenters. The molecule has 0 aromatic heterocycles. The molecule has 26 heavy (non-hydrogen) atoms. The van der Waals surface area contributed by atoms with E-state index >= 15 is 0 Å². The molecule has 1 heterocycles. The summed E-state index contributed by atoms with van der Waals surface area (Å²) in [5.41, 5.74) is 0.870. The van der Waals surface area contributed by atoms with E-state index in [0.717, 1.165) is 12.1 Å². The van der Waals surface area contributed by atoms with Gasteiger partial charge in [-0.2, -0.15) is 0 Å². The van der Waals surface area contributed by atoms with Crippen LogP contribution < -0.4 is 19.7 Å². The molecule has 0 saturated carbocycles. The Bertz CT molecular complexity index is 933. The van der Waals surface area contributed by atoms with Crippen LogP contribution in [0.2, 0.25) is 0 Å². The molecule has 7 nitrogen and oxygen atoms in total. The van der Waals surface area contributed by atoms with Crippen LogP contribution in [-0.2, 0) is 14.8 Å². The number of halogens is 1. The predicted octanol–water partition coefficient (Wildman–Crippen LogP) is 1.57. The van der Waals surface area contributed by atoms with Gasteiger partial charge in [0.15, 0.2) is 0 Å². The molecule has 1 aliphatic rings. The van der Waals surface area contributed by atoms with Gasteiger partial charge in [-0.1, -0.05) is 12.1 Å². The molecule has 138 valence electrons. The third-order valence-corrected chi connectivity index (χ3v) is 5.33. The van der Waals surface area contributed by atoms with E-state index in [1.807, 2.05) is 0 Å². The summed E-state index contributed by atoms with van der Waals surface area (Å²) < 4.78 is 46.6. The molecule has 0 unspecified atom stereocenters. The van der Waals surface area contributed by atoms with Gasteiger partial charge in [0, 0.05) is 13.1 Å². The van der Waals surface area contributed by atoms with Gasteiger partial charge in [0.1, 0.15) is 16.5 Å². The number of hydrogen-bond acceptors (Lipinski definition) is 5. The Labute approximate surface area is 150 Å². The summed E-state index contributed by atoms with van der Waals surface area (Å²) in [7, 11) is -2.78. The Hall–Kier alpha value is -2.81. The monoisotopic (exact) mass is 379 g/mol. The molecular weight excluding hydrogens is 361 g/mol. The quantitative estimate of drug-likeness (QED) is 0.823. The molecule has 0 radical (unpaired) electrons. The summed E-state index contributed by atoms with van der Waals surface area (Å²) in [6.45, 7) is 1.15. The normalized spacial score (nSPS) is 14.7. The highest BCUT2D eigenvalue weighted by Crippen LogP contribution is 2.31. The fourth-order valence-electron chi connectivity index (χ4n) is 2.74. The number of ether oxygens (including phenoxy) is 1. The SMILES string of the molecule is COc1ccc(F)cc1S(=O)(=O)Nc1ccccc1N1CCNC(=O)C1. The lowest BCUT2D eigenvalue weighted by Gasteiger charge is -2.30. The van der Waals surface area contributed by atoms with Gasteiger partial charge in [0.05, 0.1) is 25.0 Å². The lowest BCUT2D eigenvalue weighted by atomic mass is 10.2. The van der Waals surface area contributed by atoms with Crippen LogP contribution in [0.4, 0.5) is 15.8 Å². The first-order chi connectivity index (χ1) is 12.4. The average molecular weight is 379 g/mol. The minimum Gasteiger partial charge on any atom is -0.495 e. The summed E-state index contributed by atoms with van der Waals surface area (Å²) in [4.78, 5) is 13.1. The Balaban J connectivity index is 1.96. The summed E-state index contributed by atoms with van der Waals surface area (Å²) >= 11 is 0. The number of benzene rings is 2. The first kappa shape index (κ1) is 18.0. The number of nitrogens with zero attached hydrogens (tertiary/aromatic N) is 1. The van der Waals surface area contributed by atoms with Crippen molar-refractivity contribution in [2.24, 2.45) is 0 Å². The molecule has 0 aliphatic carbocycles. The summed E-state index contributed by atoms with van der Waals surface area (Å²) in [6.07, 6.45) is 0. The van der Waals surface area contributed by atoms with Gasteiger partial charge in [-0.3, -0.25) is 9.52 Å². The first-order valence-electron chi connectivity index (χ1n) is 7.88. The van der Waals surface area contributed by atoms with Crippen molar-refractivity contribution >= 4 is 27.3 Å². The Morgan fingerprint density at radius 1 is 1.23 bits per heavy atom.